The molecule has 0 saturated heterocycles. The minimum atomic E-state index is 0.770. The summed E-state index contributed by atoms with van der Waals surface area (Å²) in [6.45, 7) is 0. The highest BCUT2D eigenvalue weighted by atomic mass is 16.3. The number of hydrogen-bond donors (Lipinski definition) is 0. The van der Waals surface area contributed by atoms with E-state index in [0.717, 1.165) is 33.4 Å². The minimum Gasteiger partial charge on any atom is -0.444 e. The van der Waals surface area contributed by atoms with Gasteiger partial charge in [0.2, 0.25) is 0 Å². The summed E-state index contributed by atoms with van der Waals surface area (Å²) in [5.41, 5.74) is 2.03. The molecule has 0 bridgehead atoms. The largest absolute Gasteiger partial charge is 0.444 e. The van der Waals surface area contributed by atoms with Crippen molar-refractivity contribution >= 4 is 10.8 Å². The second-order valence-corrected chi connectivity index (χ2v) is 4.51. The number of rotatable bonds is 2. The highest BCUT2D eigenvalue weighted by Gasteiger charge is 2.05. The van der Waals surface area contributed by atoms with Gasteiger partial charge in [0.15, 0.2) is 24.3 Å². The van der Waals surface area contributed by atoms with Crippen molar-refractivity contribution in [3.8, 4) is 22.6 Å². The summed E-state index contributed by atoms with van der Waals surface area (Å²) in [7, 11) is 0. The quantitative estimate of drug-likeness (QED) is 0.544. The predicted molar refractivity (Wildman–Crippen MR) is 74.9 cm³/mol. The summed E-state index contributed by atoms with van der Waals surface area (Å²) in [6, 6.07) is 12.3. The lowest BCUT2D eigenvalue weighted by molar-refractivity contribution is 0.571. The van der Waals surface area contributed by atoms with Crippen molar-refractivity contribution in [1.82, 2.24) is 9.97 Å². The Bertz CT molecular complexity index is 776. The Morgan fingerprint density at radius 1 is 0.650 bits per heavy atom. The Morgan fingerprint density at radius 2 is 1.15 bits per heavy atom. The number of oxazole rings is 2. The fourth-order valence-electron chi connectivity index (χ4n) is 2.27. The van der Waals surface area contributed by atoms with E-state index in [1.54, 1.807) is 12.4 Å². The first kappa shape index (κ1) is 11.0. The standard InChI is InChI=1S/C16H10N2O2/c1-3-13(15-7-17-9-19-15)6-12-2-4-14(5-11(1)12)16-8-18-10-20-16/h1-10H. The van der Waals surface area contributed by atoms with E-state index in [1.165, 1.54) is 12.8 Å². The third kappa shape index (κ3) is 1.78. The summed E-state index contributed by atoms with van der Waals surface area (Å²) in [5.74, 6) is 1.54. The molecule has 0 radical (unpaired) electrons. The molecule has 4 nitrogen and oxygen atoms in total. The number of nitrogens with zero attached hydrogens (tertiary/aromatic N) is 2. The maximum Gasteiger partial charge on any atom is 0.181 e. The molecule has 0 spiro atoms. The fraction of sp³-hybridized carbons (Fsp3) is 0. The zero-order valence-corrected chi connectivity index (χ0v) is 10.5. The van der Waals surface area contributed by atoms with Crippen LogP contribution >= 0.6 is 0 Å². The van der Waals surface area contributed by atoms with Crippen molar-refractivity contribution < 1.29 is 8.83 Å². The predicted octanol–water partition coefficient (Wildman–Crippen LogP) is 4.15. The molecular formula is C16H10N2O2. The topological polar surface area (TPSA) is 52.1 Å². The molecule has 0 fully saturated rings. The van der Waals surface area contributed by atoms with Gasteiger partial charge in [0, 0.05) is 11.1 Å². The van der Waals surface area contributed by atoms with Gasteiger partial charge in [0.1, 0.15) is 0 Å². The summed E-state index contributed by atoms with van der Waals surface area (Å²) < 4.78 is 10.6. The molecule has 0 aliphatic rings. The first-order valence-corrected chi connectivity index (χ1v) is 6.22. The highest BCUT2D eigenvalue weighted by Crippen LogP contribution is 2.28. The summed E-state index contributed by atoms with van der Waals surface area (Å²) >= 11 is 0. The smallest absolute Gasteiger partial charge is 0.181 e. The van der Waals surface area contributed by atoms with Crippen LogP contribution in [0.25, 0.3) is 33.4 Å². The molecule has 0 atom stereocenters. The molecule has 0 unspecified atom stereocenters. The lowest BCUT2D eigenvalue weighted by Crippen LogP contribution is -1.79. The summed E-state index contributed by atoms with van der Waals surface area (Å²) in [4.78, 5) is 7.88. The van der Waals surface area contributed by atoms with Gasteiger partial charge in [0.05, 0.1) is 12.4 Å². The van der Waals surface area contributed by atoms with Gasteiger partial charge in [-0.05, 0) is 22.9 Å². The molecule has 2 aromatic heterocycles. The van der Waals surface area contributed by atoms with E-state index in [2.05, 4.69) is 34.2 Å². The Labute approximate surface area is 114 Å². The third-order valence-electron chi connectivity index (χ3n) is 3.27. The van der Waals surface area contributed by atoms with E-state index < -0.39 is 0 Å². The van der Waals surface area contributed by atoms with Crippen LogP contribution in [-0.2, 0) is 0 Å². The van der Waals surface area contributed by atoms with E-state index >= 15 is 0 Å². The van der Waals surface area contributed by atoms with Crippen molar-refractivity contribution in [2.24, 2.45) is 0 Å². The van der Waals surface area contributed by atoms with Crippen LogP contribution in [0, 0.1) is 0 Å². The van der Waals surface area contributed by atoms with E-state index in [4.69, 9.17) is 8.83 Å². The van der Waals surface area contributed by atoms with E-state index in [-0.39, 0.29) is 0 Å². The van der Waals surface area contributed by atoms with Gasteiger partial charge in [-0.1, -0.05) is 24.3 Å². The van der Waals surface area contributed by atoms with Gasteiger partial charge in [0.25, 0.3) is 0 Å². The molecule has 0 saturated carbocycles. The third-order valence-corrected chi connectivity index (χ3v) is 3.27. The first-order chi connectivity index (χ1) is 9.90. The molecule has 0 amide bonds. The Morgan fingerprint density at radius 3 is 1.55 bits per heavy atom. The van der Waals surface area contributed by atoms with E-state index in [9.17, 15) is 0 Å². The van der Waals surface area contributed by atoms with Crippen molar-refractivity contribution in [2.75, 3.05) is 0 Å². The number of benzene rings is 2. The van der Waals surface area contributed by atoms with Crippen LogP contribution in [0.15, 0.2) is 70.4 Å². The first-order valence-electron chi connectivity index (χ1n) is 6.22. The van der Waals surface area contributed by atoms with Crippen molar-refractivity contribution in [2.45, 2.75) is 0 Å². The maximum absolute atomic E-state index is 5.32. The molecule has 4 rings (SSSR count). The van der Waals surface area contributed by atoms with Gasteiger partial charge in [-0.25, -0.2) is 9.97 Å². The Hall–Kier alpha value is -2.88. The van der Waals surface area contributed by atoms with Crippen molar-refractivity contribution in [3.63, 3.8) is 0 Å². The molecule has 2 heterocycles. The van der Waals surface area contributed by atoms with Crippen LogP contribution in [0.5, 0.6) is 0 Å². The molecule has 0 aliphatic carbocycles. The van der Waals surface area contributed by atoms with Crippen LogP contribution in [0.3, 0.4) is 0 Å². The molecule has 96 valence electrons. The van der Waals surface area contributed by atoms with Crippen LogP contribution < -0.4 is 0 Å². The Kier molecular flexibility index (Phi) is 2.39. The number of hydrogen-bond acceptors (Lipinski definition) is 4. The van der Waals surface area contributed by atoms with Crippen LogP contribution in [0.2, 0.25) is 0 Å². The van der Waals surface area contributed by atoms with E-state index in [1.807, 2.05) is 12.1 Å². The second kappa shape index (κ2) is 4.35. The summed E-state index contributed by atoms with van der Waals surface area (Å²) in [5, 5.41) is 2.28. The van der Waals surface area contributed by atoms with Crippen molar-refractivity contribution in [3.05, 3.63) is 61.6 Å². The van der Waals surface area contributed by atoms with Gasteiger partial charge < -0.3 is 8.83 Å². The molecular weight excluding hydrogens is 252 g/mol. The van der Waals surface area contributed by atoms with E-state index in [0.29, 0.717) is 0 Å². The van der Waals surface area contributed by atoms with Gasteiger partial charge >= 0.3 is 0 Å². The molecule has 4 heteroatoms. The van der Waals surface area contributed by atoms with Crippen LogP contribution in [0.4, 0.5) is 0 Å². The number of fused-ring (bicyclic) bond motifs is 1. The highest BCUT2D eigenvalue weighted by molar-refractivity contribution is 5.89. The average molecular weight is 262 g/mol. The normalized spacial score (nSPS) is 11.0. The monoisotopic (exact) mass is 262 g/mol. The second-order valence-electron chi connectivity index (χ2n) is 4.51. The average Bonchev–Trinajstić information content (AvgIpc) is 3.19. The van der Waals surface area contributed by atoms with Crippen LogP contribution in [-0.4, -0.2) is 9.97 Å². The lowest BCUT2D eigenvalue weighted by Gasteiger charge is -2.03. The van der Waals surface area contributed by atoms with Crippen LogP contribution in [0.1, 0.15) is 0 Å². The number of aromatic nitrogens is 2. The summed E-state index contributed by atoms with van der Waals surface area (Å²) in [6.07, 6.45) is 6.30. The Balaban J connectivity index is 1.83. The van der Waals surface area contributed by atoms with Gasteiger partial charge in [-0.2, -0.15) is 0 Å². The fourth-order valence-corrected chi connectivity index (χ4v) is 2.27. The van der Waals surface area contributed by atoms with Gasteiger partial charge in [-0.3, -0.25) is 0 Å². The minimum absolute atomic E-state index is 0.770. The maximum atomic E-state index is 5.32. The zero-order valence-electron chi connectivity index (χ0n) is 10.5. The molecule has 0 N–H and O–H groups in total. The van der Waals surface area contributed by atoms with Gasteiger partial charge in [-0.15, -0.1) is 0 Å². The van der Waals surface area contributed by atoms with Crippen molar-refractivity contribution in [1.29, 1.82) is 0 Å². The SMILES string of the molecule is c1ncc(-c2ccc3cc(-c4cnco4)ccc3c2)o1. The molecule has 0 aliphatic heterocycles. The molecule has 20 heavy (non-hydrogen) atoms. The molecule has 2 aromatic carbocycles. The zero-order chi connectivity index (χ0) is 13.4. The molecule has 4 aromatic rings. The lowest BCUT2D eigenvalue weighted by atomic mass is 10.0.